The Bertz CT molecular complexity index is 1200. The van der Waals surface area contributed by atoms with Crippen LogP contribution >= 0.6 is 0 Å². The van der Waals surface area contributed by atoms with Crippen LogP contribution in [0.15, 0.2) is 47.3 Å². The zero-order valence-corrected chi connectivity index (χ0v) is 21.6. The van der Waals surface area contributed by atoms with Crippen molar-refractivity contribution in [3.8, 4) is 0 Å². The third kappa shape index (κ3) is 5.06. The zero-order chi connectivity index (χ0) is 24.3. The van der Waals surface area contributed by atoms with Crippen molar-refractivity contribution in [1.82, 2.24) is 14.5 Å². The van der Waals surface area contributed by atoms with E-state index < -0.39 is 0 Å². The summed E-state index contributed by atoms with van der Waals surface area (Å²) in [7, 11) is 0. The van der Waals surface area contributed by atoms with Gasteiger partial charge in [0.2, 0.25) is 0 Å². The van der Waals surface area contributed by atoms with Gasteiger partial charge in [-0.3, -0.25) is 9.47 Å². The molecule has 6 heteroatoms. The number of H-pyrrole nitrogens is 1. The van der Waals surface area contributed by atoms with Crippen molar-refractivity contribution in [2.75, 3.05) is 36.4 Å². The number of hydrogen-bond donors (Lipinski definition) is 2. The molecule has 2 aromatic carbocycles. The van der Waals surface area contributed by atoms with E-state index in [2.05, 4.69) is 56.5 Å². The van der Waals surface area contributed by atoms with Gasteiger partial charge >= 0.3 is 5.69 Å². The van der Waals surface area contributed by atoms with Gasteiger partial charge in [-0.15, -0.1) is 0 Å². The molecule has 0 amide bonds. The maximum atomic E-state index is 13.1. The van der Waals surface area contributed by atoms with E-state index in [0.29, 0.717) is 5.92 Å². The number of hydrogen-bond acceptors (Lipinski definition) is 4. The Labute approximate surface area is 214 Å². The van der Waals surface area contributed by atoms with Crippen molar-refractivity contribution < 1.29 is 0 Å². The topological polar surface area (TPSA) is 56.3 Å². The number of rotatable bonds is 6. The Morgan fingerprint density at radius 3 is 2.25 bits per heavy atom. The molecule has 2 N–H and O–H groups in total. The Balaban J connectivity index is 1.31. The fourth-order valence-corrected chi connectivity index (χ4v) is 6.81. The van der Waals surface area contributed by atoms with Crippen LogP contribution < -0.4 is 15.9 Å². The zero-order valence-electron chi connectivity index (χ0n) is 21.6. The smallest absolute Gasteiger partial charge is 0.326 e. The third-order valence-corrected chi connectivity index (χ3v) is 8.86. The number of aromatic amines is 1. The molecule has 0 atom stereocenters. The van der Waals surface area contributed by atoms with Gasteiger partial charge < -0.3 is 15.2 Å². The van der Waals surface area contributed by atoms with E-state index in [1.165, 1.54) is 69.9 Å². The first-order valence-electron chi connectivity index (χ1n) is 14.3. The van der Waals surface area contributed by atoms with Gasteiger partial charge in [0.1, 0.15) is 0 Å². The van der Waals surface area contributed by atoms with E-state index in [1.807, 2.05) is 10.6 Å². The molecule has 6 nitrogen and oxygen atoms in total. The van der Waals surface area contributed by atoms with E-state index in [-0.39, 0.29) is 5.69 Å². The SMILES string of the molecule is O=c1[nH]c2cc(Nc3ccccc3)c(N3CCN(C4CCCCC4)CC3)cc2n1CC1CCCCC1. The standard InChI is InChI=1S/C30H41N5O/c36-30-32-27-20-26(31-24-12-6-2-7-13-24)28(21-29(27)35(30)22-23-10-4-1-5-11-23)34-18-16-33(17-19-34)25-14-8-3-9-15-25/h2,6-7,12-13,20-21,23,25,31H,1,3-5,8-11,14-19,22H2,(H,32,36). The highest BCUT2D eigenvalue weighted by Gasteiger charge is 2.27. The van der Waals surface area contributed by atoms with E-state index in [4.69, 9.17) is 0 Å². The predicted octanol–water partition coefficient (Wildman–Crippen LogP) is 6.11. The summed E-state index contributed by atoms with van der Waals surface area (Å²) in [5.41, 5.74) is 5.37. The highest BCUT2D eigenvalue weighted by Crippen LogP contribution is 2.35. The summed E-state index contributed by atoms with van der Waals surface area (Å²) in [6.07, 6.45) is 13.3. The molecule has 3 aromatic rings. The summed E-state index contributed by atoms with van der Waals surface area (Å²) >= 11 is 0. The molecule has 0 spiro atoms. The summed E-state index contributed by atoms with van der Waals surface area (Å²) in [4.78, 5) is 21.5. The molecule has 0 unspecified atom stereocenters. The van der Waals surface area contributed by atoms with Crippen LogP contribution in [0.1, 0.15) is 64.2 Å². The quantitative estimate of drug-likeness (QED) is 0.441. The molecule has 1 aliphatic heterocycles. The monoisotopic (exact) mass is 487 g/mol. The molecular weight excluding hydrogens is 446 g/mol. The average Bonchev–Trinajstić information content (AvgIpc) is 3.23. The van der Waals surface area contributed by atoms with Crippen molar-refractivity contribution >= 4 is 28.1 Å². The third-order valence-electron chi connectivity index (χ3n) is 8.86. The van der Waals surface area contributed by atoms with Crippen molar-refractivity contribution in [3.05, 3.63) is 52.9 Å². The van der Waals surface area contributed by atoms with Gasteiger partial charge in [0.25, 0.3) is 0 Å². The maximum Gasteiger partial charge on any atom is 0.326 e. The second-order valence-corrected chi connectivity index (χ2v) is 11.2. The Morgan fingerprint density at radius 1 is 0.833 bits per heavy atom. The van der Waals surface area contributed by atoms with Crippen LogP contribution in [-0.4, -0.2) is 46.7 Å². The summed E-state index contributed by atoms with van der Waals surface area (Å²) in [5, 5.41) is 3.66. The molecule has 6 rings (SSSR count). The first-order valence-corrected chi connectivity index (χ1v) is 14.3. The molecule has 192 valence electrons. The van der Waals surface area contributed by atoms with Gasteiger partial charge in [0.05, 0.1) is 22.4 Å². The molecule has 36 heavy (non-hydrogen) atoms. The van der Waals surface area contributed by atoms with Gasteiger partial charge in [-0.05, 0) is 55.9 Å². The minimum Gasteiger partial charge on any atom is -0.367 e. The summed E-state index contributed by atoms with van der Waals surface area (Å²) in [6, 6.07) is 15.6. The van der Waals surface area contributed by atoms with Gasteiger partial charge in [-0.1, -0.05) is 56.7 Å². The number of imidazole rings is 1. The van der Waals surface area contributed by atoms with E-state index in [1.54, 1.807) is 0 Å². The number of anilines is 3. The predicted molar refractivity (Wildman–Crippen MR) is 150 cm³/mol. The van der Waals surface area contributed by atoms with Crippen molar-refractivity contribution in [2.24, 2.45) is 5.92 Å². The minimum atomic E-state index is 0.0282. The second-order valence-electron chi connectivity index (χ2n) is 11.2. The first kappa shape index (κ1) is 23.7. The first-order chi connectivity index (χ1) is 17.7. The highest BCUT2D eigenvalue weighted by atomic mass is 16.1. The normalized spacial score (nSPS) is 20.7. The van der Waals surface area contributed by atoms with Gasteiger partial charge in [-0.25, -0.2) is 4.79 Å². The molecule has 1 aromatic heterocycles. The van der Waals surface area contributed by atoms with Gasteiger partial charge in [0.15, 0.2) is 0 Å². The summed E-state index contributed by atoms with van der Waals surface area (Å²) in [6.45, 7) is 5.13. The maximum absolute atomic E-state index is 13.1. The van der Waals surface area contributed by atoms with E-state index in [0.717, 1.165) is 61.2 Å². The van der Waals surface area contributed by atoms with Crippen LogP contribution in [0, 0.1) is 5.92 Å². The van der Waals surface area contributed by atoms with Crippen molar-refractivity contribution in [1.29, 1.82) is 0 Å². The number of nitrogens with one attached hydrogen (secondary N) is 2. The fourth-order valence-electron chi connectivity index (χ4n) is 6.81. The Morgan fingerprint density at radius 2 is 1.53 bits per heavy atom. The molecular formula is C30H41N5O. The number of piperazine rings is 1. The molecule has 2 saturated carbocycles. The van der Waals surface area contributed by atoms with Crippen molar-refractivity contribution in [3.63, 3.8) is 0 Å². The van der Waals surface area contributed by atoms with Crippen LogP contribution in [0.2, 0.25) is 0 Å². The van der Waals surface area contributed by atoms with E-state index in [9.17, 15) is 4.79 Å². The lowest BCUT2D eigenvalue weighted by molar-refractivity contribution is 0.148. The Hall–Kier alpha value is -2.73. The largest absolute Gasteiger partial charge is 0.367 e. The molecule has 3 aliphatic rings. The number of fused-ring (bicyclic) bond motifs is 1. The number of benzene rings is 2. The molecule has 1 saturated heterocycles. The lowest BCUT2D eigenvalue weighted by atomic mass is 9.89. The number of nitrogens with zero attached hydrogens (tertiary/aromatic N) is 3. The fraction of sp³-hybridized carbons (Fsp3) is 0.567. The summed E-state index contributed by atoms with van der Waals surface area (Å²) < 4.78 is 2.01. The van der Waals surface area contributed by atoms with Crippen LogP contribution in [0.25, 0.3) is 11.0 Å². The molecule has 2 heterocycles. The number of aromatic nitrogens is 2. The Kier molecular flexibility index (Phi) is 7.04. The average molecular weight is 488 g/mol. The van der Waals surface area contributed by atoms with Crippen LogP contribution in [0.4, 0.5) is 17.1 Å². The number of para-hydroxylation sites is 1. The second kappa shape index (κ2) is 10.7. The van der Waals surface area contributed by atoms with Crippen molar-refractivity contribution in [2.45, 2.75) is 76.8 Å². The van der Waals surface area contributed by atoms with Crippen LogP contribution in [0.5, 0.6) is 0 Å². The molecule has 0 bridgehead atoms. The van der Waals surface area contributed by atoms with Gasteiger partial charge in [-0.2, -0.15) is 0 Å². The van der Waals surface area contributed by atoms with Crippen LogP contribution in [-0.2, 0) is 6.54 Å². The lowest BCUT2D eigenvalue weighted by Gasteiger charge is -2.42. The molecule has 0 radical (unpaired) electrons. The van der Waals surface area contributed by atoms with Crippen LogP contribution in [0.3, 0.4) is 0 Å². The lowest BCUT2D eigenvalue weighted by Crippen LogP contribution is -2.51. The van der Waals surface area contributed by atoms with Gasteiger partial charge in [0, 0.05) is 44.5 Å². The minimum absolute atomic E-state index is 0.0282. The van der Waals surface area contributed by atoms with E-state index >= 15 is 0 Å². The summed E-state index contributed by atoms with van der Waals surface area (Å²) in [5.74, 6) is 0.611. The molecule has 2 aliphatic carbocycles. The molecule has 3 fully saturated rings. The highest BCUT2D eigenvalue weighted by molar-refractivity contribution is 5.90.